The van der Waals surface area contributed by atoms with Gasteiger partial charge in [-0.3, -0.25) is 10.6 Å². The third-order valence-corrected chi connectivity index (χ3v) is 2.60. The molecule has 15 heavy (non-hydrogen) atoms. The average Bonchev–Trinajstić information content (AvgIpc) is 2.21. The number of carboxylic acid groups (broad SMARTS) is 1. The first kappa shape index (κ1) is 11.7. The van der Waals surface area contributed by atoms with Crippen molar-refractivity contribution in [2.45, 2.75) is 25.8 Å². The molecule has 1 rings (SSSR count). The van der Waals surface area contributed by atoms with E-state index in [1.165, 1.54) is 0 Å². The quantitative estimate of drug-likeness (QED) is 0.506. The van der Waals surface area contributed by atoms with Gasteiger partial charge in [-0.2, -0.15) is 0 Å². The third kappa shape index (κ3) is 2.55. The zero-order valence-electron chi connectivity index (χ0n) is 8.95. The number of carboxylic acids is 1. The van der Waals surface area contributed by atoms with Gasteiger partial charge >= 0.3 is 5.97 Å². The Morgan fingerprint density at radius 1 is 1.53 bits per heavy atom. The zero-order valence-corrected chi connectivity index (χ0v) is 8.95. The maximum absolute atomic E-state index is 11.0. The molecule has 1 aromatic rings. The van der Waals surface area contributed by atoms with E-state index >= 15 is 0 Å². The van der Waals surface area contributed by atoms with Crippen LogP contribution in [0.2, 0.25) is 0 Å². The van der Waals surface area contributed by atoms with Crippen molar-refractivity contribution in [3.8, 4) is 0 Å². The van der Waals surface area contributed by atoms with E-state index in [0.29, 0.717) is 6.42 Å². The van der Waals surface area contributed by atoms with E-state index in [-0.39, 0.29) is 0 Å². The molecule has 0 radical (unpaired) electrons. The van der Waals surface area contributed by atoms with E-state index in [1.807, 2.05) is 31.2 Å². The van der Waals surface area contributed by atoms with Gasteiger partial charge in [0.15, 0.2) is 0 Å². The first-order valence-electron chi connectivity index (χ1n) is 4.75. The fourth-order valence-corrected chi connectivity index (χ4v) is 1.38. The second-order valence-electron chi connectivity index (χ2n) is 3.88. The van der Waals surface area contributed by atoms with Gasteiger partial charge in [0.05, 0.1) is 0 Å². The first-order valence-corrected chi connectivity index (χ1v) is 4.75. The maximum atomic E-state index is 11.0. The van der Waals surface area contributed by atoms with Crippen molar-refractivity contribution in [1.82, 2.24) is 5.43 Å². The third-order valence-electron chi connectivity index (χ3n) is 2.60. The lowest BCUT2D eigenvalue weighted by Crippen LogP contribution is -2.54. The molecule has 0 bridgehead atoms. The van der Waals surface area contributed by atoms with E-state index < -0.39 is 11.5 Å². The lowest BCUT2D eigenvalue weighted by Gasteiger charge is -2.24. The van der Waals surface area contributed by atoms with E-state index in [9.17, 15) is 4.79 Å². The Labute approximate surface area is 89.1 Å². The topological polar surface area (TPSA) is 75.3 Å². The highest BCUT2D eigenvalue weighted by Crippen LogP contribution is 2.16. The molecule has 0 saturated heterocycles. The number of hydrazine groups is 1. The number of hydrogen-bond acceptors (Lipinski definition) is 3. The van der Waals surface area contributed by atoms with Crippen LogP contribution in [0.5, 0.6) is 0 Å². The number of rotatable bonds is 4. The molecule has 0 aromatic heterocycles. The van der Waals surface area contributed by atoms with Crippen LogP contribution in [-0.2, 0) is 11.2 Å². The Bertz CT molecular complexity index is 365. The zero-order chi connectivity index (χ0) is 11.5. The summed E-state index contributed by atoms with van der Waals surface area (Å²) < 4.78 is 0. The van der Waals surface area contributed by atoms with Gasteiger partial charge in [0.25, 0.3) is 0 Å². The van der Waals surface area contributed by atoms with Crippen LogP contribution in [0.3, 0.4) is 0 Å². The van der Waals surface area contributed by atoms with E-state index in [4.69, 9.17) is 10.9 Å². The molecule has 0 aliphatic carbocycles. The molecular formula is C11H16N2O2. The van der Waals surface area contributed by atoms with Crippen LogP contribution >= 0.6 is 0 Å². The number of aliphatic carboxylic acids is 1. The predicted molar refractivity (Wildman–Crippen MR) is 58.2 cm³/mol. The molecule has 0 heterocycles. The summed E-state index contributed by atoms with van der Waals surface area (Å²) in [7, 11) is 0. The standard InChI is InChI=1S/C11H16N2O2/c1-8-5-3-4-6-9(8)7-11(2,13-12)10(14)15/h3-6,13H,7,12H2,1-2H3,(H,14,15). The van der Waals surface area contributed by atoms with Crippen molar-refractivity contribution in [3.63, 3.8) is 0 Å². The molecule has 0 fully saturated rings. The minimum Gasteiger partial charge on any atom is -0.480 e. The fraction of sp³-hybridized carbons (Fsp3) is 0.364. The van der Waals surface area contributed by atoms with Gasteiger partial charge in [-0.15, -0.1) is 0 Å². The van der Waals surface area contributed by atoms with Crippen LogP contribution in [0.1, 0.15) is 18.1 Å². The number of aryl methyl sites for hydroxylation is 1. The molecular weight excluding hydrogens is 192 g/mol. The summed E-state index contributed by atoms with van der Waals surface area (Å²) in [6.45, 7) is 3.52. The smallest absolute Gasteiger partial charge is 0.325 e. The van der Waals surface area contributed by atoms with Gasteiger partial charge < -0.3 is 5.11 Å². The Hall–Kier alpha value is -1.39. The Morgan fingerprint density at radius 3 is 2.60 bits per heavy atom. The summed E-state index contributed by atoms with van der Waals surface area (Å²) >= 11 is 0. The first-order chi connectivity index (χ1) is 6.99. The molecule has 4 N–H and O–H groups in total. The molecule has 4 nitrogen and oxygen atoms in total. The normalized spacial score (nSPS) is 14.6. The van der Waals surface area contributed by atoms with E-state index in [1.54, 1.807) is 6.92 Å². The molecule has 4 heteroatoms. The second-order valence-corrected chi connectivity index (χ2v) is 3.88. The average molecular weight is 208 g/mol. The van der Waals surface area contributed by atoms with E-state index in [2.05, 4.69) is 5.43 Å². The highest BCUT2D eigenvalue weighted by Gasteiger charge is 2.32. The van der Waals surface area contributed by atoms with Crippen molar-refractivity contribution < 1.29 is 9.90 Å². The summed E-state index contributed by atoms with van der Waals surface area (Å²) in [5, 5.41) is 9.04. The number of nitrogens with one attached hydrogen (secondary N) is 1. The van der Waals surface area contributed by atoms with Crippen molar-refractivity contribution in [2.24, 2.45) is 5.84 Å². The second kappa shape index (κ2) is 4.42. The van der Waals surface area contributed by atoms with Crippen molar-refractivity contribution in [2.75, 3.05) is 0 Å². The minimum absolute atomic E-state index is 0.367. The van der Waals surface area contributed by atoms with Crippen molar-refractivity contribution in [3.05, 3.63) is 35.4 Å². The Kier molecular flexibility index (Phi) is 3.44. The fourth-order valence-electron chi connectivity index (χ4n) is 1.38. The van der Waals surface area contributed by atoms with Gasteiger partial charge in [0, 0.05) is 6.42 Å². The molecule has 1 atom stereocenters. The molecule has 0 aliphatic heterocycles. The van der Waals surface area contributed by atoms with Crippen molar-refractivity contribution in [1.29, 1.82) is 0 Å². The summed E-state index contributed by atoms with van der Waals surface area (Å²) in [6.07, 6.45) is 0.367. The van der Waals surface area contributed by atoms with Crippen LogP contribution in [-0.4, -0.2) is 16.6 Å². The molecule has 1 unspecified atom stereocenters. The highest BCUT2D eigenvalue weighted by molar-refractivity contribution is 5.78. The molecule has 0 amide bonds. The van der Waals surface area contributed by atoms with Gasteiger partial charge in [-0.25, -0.2) is 5.43 Å². The van der Waals surface area contributed by atoms with Crippen LogP contribution < -0.4 is 11.3 Å². The predicted octanol–water partition coefficient (Wildman–Crippen LogP) is 0.844. The van der Waals surface area contributed by atoms with Crippen LogP contribution in [0.25, 0.3) is 0 Å². The summed E-state index contributed by atoms with van der Waals surface area (Å²) in [5.74, 6) is 4.32. The lowest BCUT2D eigenvalue weighted by atomic mass is 9.91. The summed E-state index contributed by atoms with van der Waals surface area (Å²) in [6, 6.07) is 7.68. The molecule has 0 spiro atoms. The number of hydrogen-bond donors (Lipinski definition) is 3. The number of benzene rings is 1. The van der Waals surface area contributed by atoms with Gasteiger partial charge in [-0.05, 0) is 25.0 Å². The van der Waals surface area contributed by atoms with Crippen LogP contribution in [0.15, 0.2) is 24.3 Å². The summed E-state index contributed by atoms with van der Waals surface area (Å²) in [5.41, 5.74) is 3.29. The van der Waals surface area contributed by atoms with Gasteiger partial charge in [0.1, 0.15) is 5.54 Å². The highest BCUT2D eigenvalue weighted by atomic mass is 16.4. The van der Waals surface area contributed by atoms with Gasteiger partial charge in [0.2, 0.25) is 0 Å². The number of carbonyl (C=O) groups is 1. The molecule has 0 aliphatic rings. The number of nitrogens with two attached hydrogens (primary N) is 1. The summed E-state index contributed by atoms with van der Waals surface area (Å²) in [4.78, 5) is 11.0. The van der Waals surface area contributed by atoms with Crippen molar-refractivity contribution >= 4 is 5.97 Å². The van der Waals surface area contributed by atoms with Crippen LogP contribution in [0, 0.1) is 6.92 Å². The SMILES string of the molecule is Cc1ccccc1CC(C)(NN)C(=O)O. The van der Waals surface area contributed by atoms with E-state index in [0.717, 1.165) is 11.1 Å². The molecule has 1 aromatic carbocycles. The Morgan fingerprint density at radius 2 is 2.13 bits per heavy atom. The lowest BCUT2D eigenvalue weighted by molar-refractivity contribution is -0.144. The monoisotopic (exact) mass is 208 g/mol. The Balaban J connectivity index is 2.94. The van der Waals surface area contributed by atoms with Gasteiger partial charge in [-0.1, -0.05) is 24.3 Å². The maximum Gasteiger partial charge on any atom is 0.325 e. The molecule has 82 valence electrons. The molecule has 0 saturated carbocycles. The van der Waals surface area contributed by atoms with Crippen LogP contribution in [0.4, 0.5) is 0 Å². The minimum atomic E-state index is -1.12. The largest absolute Gasteiger partial charge is 0.480 e.